The summed E-state index contributed by atoms with van der Waals surface area (Å²) in [4.78, 5) is 0.00263. The molecule has 1 rings (SSSR count). The molecule has 8 heteroatoms. The number of hydrogen-bond acceptors (Lipinski definition) is 4. The molecule has 6 nitrogen and oxygen atoms in total. The second-order valence-corrected chi connectivity index (χ2v) is 6.39. The quantitative estimate of drug-likeness (QED) is 0.687. The highest BCUT2D eigenvalue weighted by Crippen LogP contribution is 2.05. The third kappa shape index (κ3) is 4.04. The van der Waals surface area contributed by atoms with Gasteiger partial charge < -0.3 is 5.73 Å². The van der Waals surface area contributed by atoms with Crippen LogP contribution in [-0.4, -0.2) is 35.0 Å². The highest BCUT2D eigenvalue weighted by atomic mass is 32.2. The largest absolute Gasteiger partial charge is 0.392 e. The Morgan fingerprint density at radius 1 is 1.67 bits per heavy atom. The lowest BCUT2D eigenvalue weighted by Crippen LogP contribution is -2.42. The van der Waals surface area contributed by atoms with Crippen molar-refractivity contribution in [3.63, 3.8) is 0 Å². The van der Waals surface area contributed by atoms with Gasteiger partial charge in [0.15, 0.2) is 0 Å². The van der Waals surface area contributed by atoms with Gasteiger partial charge in [0, 0.05) is 26.2 Å². The molecule has 3 N–H and O–H groups in total. The van der Waals surface area contributed by atoms with Crippen LogP contribution >= 0.6 is 12.2 Å². The van der Waals surface area contributed by atoms with E-state index in [1.54, 1.807) is 11.6 Å². The molecule has 0 radical (unpaired) electrons. The lowest BCUT2D eigenvalue weighted by atomic mass is 10.3. The van der Waals surface area contributed by atoms with Crippen LogP contribution < -0.4 is 10.5 Å². The summed E-state index contributed by atoms with van der Waals surface area (Å²) < 4.78 is 28.0. The Bertz CT molecular complexity index is 510. The smallest absolute Gasteiger partial charge is 0.221 e. The molecule has 102 valence electrons. The lowest BCUT2D eigenvalue weighted by Gasteiger charge is -2.14. The molecule has 0 bridgehead atoms. The zero-order valence-electron chi connectivity index (χ0n) is 10.5. The van der Waals surface area contributed by atoms with Crippen LogP contribution in [0.3, 0.4) is 0 Å². The van der Waals surface area contributed by atoms with E-state index < -0.39 is 15.3 Å². The van der Waals surface area contributed by atoms with Gasteiger partial charge >= 0.3 is 0 Å². The highest BCUT2D eigenvalue weighted by molar-refractivity contribution is 7.93. The van der Waals surface area contributed by atoms with Gasteiger partial charge in [0.25, 0.3) is 0 Å². The van der Waals surface area contributed by atoms with Gasteiger partial charge in [0.05, 0.1) is 10.7 Å². The first-order valence-electron chi connectivity index (χ1n) is 5.63. The first-order chi connectivity index (χ1) is 8.36. The number of aromatic nitrogens is 2. The van der Waals surface area contributed by atoms with Crippen molar-refractivity contribution < 1.29 is 8.42 Å². The molecule has 0 aromatic carbocycles. The van der Waals surface area contributed by atoms with Gasteiger partial charge in [0.2, 0.25) is 10.0 Å². The summed E-state index contributed by atoms with van der Waals surface area (Å²) in [7, 11) is -1.67. The van der Waals surface area contributed by atoms with E-state index in [0.717, 1.165) is 5.69 Å². The van der Waals surface area contributed by atoms with Crippen LogP contribution in [0, 0.1) is 0 Å². The van der Waals surface area contributed by atoms with Crippen molar-refractivity contribution in [3.05, 3.63) is 18.0 Å². The summed E-state index contributed by atoms with van der Waals surface area (Å²) in [5.41, 5.74) is 6.25. The third-order valence-corrected chi connectivity index (χ3v) is 4.89. The van der Waals surface area contributed by atoms with Crippen molar-refractivity contribution in [2.24, 2.45) is 12.8 Å². The lowest BCUT2D eigenvalue weighted by molar-refractivity contribution is 0.574. The van der Waals surface area contributed by atoms with Gasteiger partial charge in [-0.05, 0) is 12.5 Å². The molecule has 0 amide bonds. The molecule has 0 aliphatic heterocycles. The Balaban J connectivity index is 2.54. The van der Waals surface area contributed by atoms with E-state index in [-0.39, 0.29) is 4.99 Å². The van der Waals surface area contributed by atoms with Crippen molar-refractivity contribution in [1.82, 2.24) is 14.5 Å². The minimum atomic E-state index is -3.49. The molecule has 1 aromatic rings. The predicted molar refractivity (Wildman–Crippen MR) is 74.7 cm³/mol. The zero-order valence-corrected chi connectivity index (χ0v) is 12.1. The van der Waals surface area contributed by atoms with Gasteiger partial charge in [-0.3, -0.25) is 4.68 Å². The van der Waals surface area contributed by atoms with Crippen LogP contribution in [0.1, 0.15) is 19.0 Å². The summed E-state index contributed by atoms with van der Waals surface area (Å²) in [5.74, 6) is 0. The van der Waals surface area contributed by atoms with Crippen molar-refractivity contribution in [2.45, 2.75) is 25.0 Å². The Hall–Kier alpha value is -0.990. The van der Waals surface area contributed by atoms with Crippen LogP contribution in [0.15, 0.2) is 12.3 Å². The fourth-order valence-corrected chi connectivity index (χ4v) is 3.47. The second-order valence-electron chi connectivity index (χ2n) is 3.97. The number of hydrogen-bond donors (Lipinski definition) is 2. The maximum absolute atomic E-state index is 11.9. The maximum atomic E-state index is 11.9. The molecule has 1 heterocycles. The van der Waals surface area contributed by atoms with Gasteiger partial charge in [0.1, 0.15) is 5.25 Å². The molecule has 1 unspecified atom stereocenters. The molecule has 0 saturated heterocycles. The van der Waals surface area contributed by atoms with Crippen LogP contribution in [0.4, 0.5) is 0 Å². The number of nitrogens with zero attached hydrogens (tertiary/aromatic N) is 2. The van der Waals surface area contributed by atoms with Crippen LogP contribution in [0.5, 0.6) is 0 Å². The maximum Gasteiger partial charge on any atom is 0.221 e. The fraction of sp³-hybridized carbons (Fsp3) is 0.600. The van der Waals surface area contributed by atoms with E-state index in [2.05, 4.69) is 9.82 Å². The number of sulfonamides is 1. The zero-order chi connectivity index (χ0) is 13.8. The summed E-state index contributed by atoms with van der Waals surface area (Å²) in [6, 6.07) is 1.85. The van der Waals surface area contributed by atoms with Crippen molar-refractivity contribution in [2.75, 3.05) is 6.54 Å². The van der Waals surface area contributed by atoms with E-state index in [1.165, 1.54) is 0 Å². The Morgan fingerprint density at radius 3 is 2.78 bits per heavy atom. The fourth-order valence-electron chi connectivity index (χ4n) is 1.59. The average molecular weight is 290 g/mol. The number of aryl methyl sites for hydroxylation is 1. The number of thiocarbonyl (C=S) groups is 1. The van der Waals surface area contributed by atoms with Crippen LogP contribution in [-0.2, 0) is 23.5 Å². The van der Waals surface area contributed by atoms with Crippen molar-refractivity contribution in [1.29, 1.82) is 0 Å². The number of nitrogens with one attached hydrogen (secondary N) is 1. The Kier molecular flexibility index (Phi) is 5.24. The van der Waals surface area contributed by atoms with Gasteiger partial charge in [-0.2, -0.15) is 5.10 Å². The molecule has 0 spiro atoms. The van der Waals surface area contributed by atoms with E-state index in [9.17, 15) is 8.42 Å². The van der Waals surface area contributed by atoms with E-state index in [1.807, 2.05) is 19.3 Å². The first-order valence-corrected chi connectivity index (χ1v) is 7.58. The van der Waals surface area contributed by atoms with Crippen LogP contribution in [0.2, 0.25) is 0 Å². The number of nitrogens with two attached hydrogens (primary N) is 1. The molecule has 0 aliphatic rings. The summed E-state index contributed by atoms with van der Waals surface area (Å²) in [6.07, 6.45) is 2.72. The number of rotatable bonds is 7. The molecule has 0 saturated carbocycles. The topological polar surface area (TPSA) is 90.0 Å². The van der Waals surface area contributed by atoms with Gasteiger partial charge in [-0.1, -0.05) is 19.1 Å². The van der Waals surface area contributed by atoms with Gasteiger partial charge in [-0.15, -0.1) is 0 Å². The molecule has 18 heavy (non-hydrogen) atoms. The highest BCUT2D eigenvalue weighted by Gasteiger charge is 2.25. The summed E-state index contributed by atoms with van der Waals surface area (Å²) in [5, 5.41) is 3.35. The summed E-state index contributed by atoms with van der Waals surface area (Å²) >= 11 is 4.75. The third-order valence-electron chi connectivity index (χ3n) is 2.52. The van der Waals surface area contributed by atoms with E-state index in [0.29, 0.717) is 19.4 Å². The molecular formula is C10H18N4O2S2. The molecule has 0 aliphatic carbocycles. The Labute approximate surface area is 113 Å². The van der Waals surface area contributed by atoms with E-state index >= 15 is 0 Å². The van der Waals surface area contributed by atoms with Crippen molar-refractivity contribution in [3.8, 4) is 0 Å². The van der Waals surface area contributed by atoms with Crippen molar-refractivity contribution >= 4 is 27.2 Å². The van der Waals surface area contributed by atoms with Crippen LogP contribution in [0.25, 0.3) is 0 Å². The minimum Gasteiger partial charge on any atom is -0.392 e. The predicted octanol–water partition coefficient (Wildman–Crippen LogP) is -0.0533. The standard InChI is InChI=1S/C10H18N4O2S2/c1-3-9(10(11)17)18(15,16)12-6-4-8-5-7-14(2)13-8/h5,7,9,12H,3-4,6H2,1-2H3,(H2,11,17). The molecular weight excluding hydrogens is 272 g/mol. The minimum absolute atomic E-state index is 0.00263. The molecule has 0 fully saturated rings. The monoisotopic (exact) mass is 290 g/mol. The first kappa shape index (κ1) is 15.1. The second kappa shape index (κ2) is 6.26. The van der Waals surface area contributed by atoms with Gasteiger partial charge in [-0.25, -0.2) is 13.1 Å². The average Bonchev–Trinajstić information content (AvgIpc) is 2.63. The summed E-state index contributed by atoms with van der Waals surface area (Å²) in [6.45, 7) is 2.03. The van der Waals surface area contributed by atoms with E-state index in [4.69, 9.17) is 18.0 Å². The Morgan fingerprint density at radius 2 is 2.33 bits per heavy atom. The SMILES string of the molecule is CCC(C(N)=S)S(=O)(=O)NCCc1ccn(C)n1. The normalized spacial score (nSPS) is 13.4. The molecule has 1 atom stereocenters. The molecule has 1 aromatic heterocycles.